The number of hydrogen-bond donors (Lipinski definition) is 3. The first-order valence-electron chi connectivity index (χ1n) is 11.5. The Morgan fingerprint density at radius 2 is 1.74 bits per heavy atom. The van der Waals surface area contributed by atoms with Gasteiger partial charge in [0, 0.05) is 28.3 Å². The fourth-order valence-electron chi connectivity index (χ4n) is 5.51. The van der Waals surface area contributed by atoms with E-state index in [1.807, 2.05) is 0 Å². The summed E-state index contributed by atoms with van der Waals surface area (Å²) in [5, 5.41) is 39.3. The van der Waals surface area contributed by atoms with Crippen molar-refractivity contribution in [2.24, 2.45) is 0 Å². The number of aromatic hydroxyl groups is 1. The maximum Gasteiger partial charge on any atom is 0.573 e. The smallest absolute Gasteiger partial charge is 0.508 e. The van der Waals surface area contributed by atoms with Crippen molar-refractivity contribution in [2.75, 3.05) is 5.32 Å². The molecule has 11 nitrogen and oxygen atoms in total. The quantitative estimate of drug-likeness (QED) is 0.311. The molecular formula is C25H19F3N4O7. The number of benzene rings is 3. The molecule has 0 radical (unpaired) electrons. The number of halogens is 3. The zero-order chi connectivity index (χ0) is 28.1. The molecule has 2 aliphatic heterocycles. The molecule has 39 heavy (non-hydrogen) atoms. The number of carbonyl (C=O) groups is 1. The number of rotatable bonds is 6. The zero-order valence-corrected chi connectivity index (χ0v) is 19.7. The van der Waals surface area contributed by atoms with Crippen LogP contribution in [0.3, 0.4) is 0 Å². The molecule has 4 atom stereocenters. The predicted molar refractivity (Wildman–Crippen MR) is 129 cm³/mol. The molecule has 3 N–H and O–H groups in total. The molecular weight excluding hydrogens is 525 g/mol. The lowest BCUT2D eigenvalue weighted by molar-refractivity contribution is -0.526. The van der Waals surface area contributed by atoms with E-state index in [2.05, 4.69) is 15.4 Å². The molecule has 14 heteroatoms. The number of nitro groups is 2. The number of phenolic OH excluding ortho intramolecular Hbond substituents is 1. The van der Waals surface area contributed by atoms with Gasteiger partial charge in [0.25, 0.3) is 5.69 Å². The molecule has 2 heterocycles. The lowest BCUT2D eigenvalue weighted by Gasteiger charge is -2.30. The van der Waals surface area contributed by atoms with Gasteiger partial charge in [-0.3, -0.25) is 30.3 Å². The van der Waals surface area contributed by atoms with E-state index >= 15 is 0 Å². The Morgan fingerprint density at radius 1 is 1.03 bits per heavy atom. The Bertz CT molecular complexity index is 1480. The number of amides is 1. The molecule has 0 aromatic heterocycles. The summed E-state index contributed by atoms with van der Waals surface area (Å²) in [5.74, 6) is -2.80. The Kier molecular flexibility index (Phi) is 6.13. The SMILES string of the molecule is O=C1Nc2ccc(OC(F)(F)F)cc2C12NC(Cc1ccc(O)cc1)C([N+](=O)[O-])C2c1cccc([N+](=O)[O-])c1. The van der Waals surface area contributed by atoms with Crippen LogP contribution in [-0.2, 0) is 16.8 Å². The van der Waals surface area contributed by atoms with E-state index in [0.717, 1.165) is 18.2 Å². The van der Waals surface area contributed by atoms with Crippen molar-refractivity contribution in [1.29, 1.82) is 0 Å². The molecule has 1 fully saturated rings. The van der Waals surface area contributed by atoms with Crippen molar-refractivity contribution in [3.8, 4) is 11.5 Å². The topological polar surface area (TPSA) is 157 Å². The Labute approximate surface area is 217 Å². The predicted octanol–water partition coefficient (Wildman–Crippen LogP) is 3.99. The van der Waals surface area contributed by atoms with Gasteiger partial charge in [0.2, 0.25) is 11.9 Å². The van der Waals surface area contributed by atoms with Gasteiger partial charge in [-0.2, -0.15) is 0 Å². The molecule has 5 rings (SSSR count). The minimum atomic E-state index is -5.04. The first kappa shape index (κ1) is 25.9. The van der Waals surface area contributed by atoms with Crippen molar-refractivity contribution < 1.29 is 37.7 Å². The van der Waals surface area contributed by atoms with Gasteiger partial charge < -0.3 is 15.2 Å². The summed E-state index contributed by atoms with van der Waals surface area (Å²) in [6, 6.07) is 11.5. The van der Waals surface area contributed by atoms with Gasteiger partial charge in [-0.15, -0.1) is 13.2 Å². The van der Waals surface area contributed by atoms with E-state index in [1.54, 1.807) is 12.1 Å². The molecule has 1 spiro atoms. The number of phenols is 1. The normalized spacial score (nSPS) is 23.9. The molecule has 0 aliphatic carbocycles. The lowest BCUT2D eigenvalue weighted by atomic mass is 9.74. The summed E-state index contributed by atoms with van der Waals surface area (Å²) in [7, 11) is 0. The molecule has 3 aromatic rings. The van der Waals surface area contributed by atoms with Crippen LogP contribution in [-0.4, -0.2) is 39.3 Å². The van der Waals surface area contributed by atoms with Crippen LogP contribution in [0.4, 0.5) is 24.5 Å². The van der Waals surface area contributed by atoms with E-state index in [-0.39, 0.29) is 34.7 Å². The van der Waals surface area contributed by atoms with Crippen molar-refractivity contribution in [1.82, 2.24) is 5.32 Å². The Hall–Kier alpha value is -4.72. The monoisotopic (exact) mass is 544 g/mol. The largest absolute Gasteiger partial charge is 0.573 e. The van der Waals surface area contributed by atoms with Crippen LogP contribution in [0.1, 0.15) is 22.6 Å². The van der Waals surface area contributed by atoms with Gasteiger partial charge >= 0.3 is 6.36 Å². The van der Waals surface area contributed by atoms with E-state index < -0.39 is 51.4 Å². The van der Waals surface area contributed by atoms with Gasteiger partial charge in [0.15, 0.2) is 0 Å². The fraction of sp³-hybridized carbons (Fsp3) is 0.240. The molecule has 202 valence electrons. The minimum absolute atomic E-state index is 0.000455. The lowest BCUT2D eigenvalue weighted by Crippen LogP contribution is -2.49. The van der Waals surface area contributed by atoms with Gasteiger partial charge in [0.05, 0.1) is 16.9 Å². The van der Waals surface area contributed by atoms with Crippen LogP contribution in [0, 0.1) is 20.2 Å². The number of carbonyl (C=O) groups excluding carboxylic acids is 1. The van der Waals surface area contributed by atoms with Gasteiger partial charge in [-0.1, -0.05) is 24.3 Å². The number of nitrogens with one attached hydrogen (secondary N) is 2. The van der Waals surface area contributed by atoms with Crippen LogP contribution in [0.2, 0.25) is 0 Å². The maximum atomic E-state index is 13.6. The Balaban J connectivity index is 1.71. The van der Waals surface area contributed by atoms with Crippen molar-refractivity contribution in [3.05, 3.63) is 104 Å². The van der Waals surface area contributed by atoms with Crippen molar-refractivity contribution in [3.63, 3.8) is 0 Å². The first-order chi connectivity index (χ1) is 18.4. The highest BCUT2D eigenvalue weighted by Gasteiger charge is 2.66. The third kappa shape index (κ3) is 4.58. The highest BCUT2D eigenvalue weighted by Crippen LogP contribution is 2.53. The number of fused-ring (bicyclic) bond motifs is 2. The standard InChI is InChI=1S/C25H19F3N4O7/c26-25(27,28)39-17-8-9-19-18(12-17)24(23(34)29-19)21(14-2-1-3-15(11-14)31(35)36)22(32(37)38)20(30-24)10-13-4-6-16(33)7-5-13/h1-9,11-12,20-22,30,33H,10H2,(H,29,34). The van der Waals surface area contributed by atoms with E-state index in [1.165, 1.54) is 36.4 Å². The number of hydrogen-bond acceptors (Lipinski definition) is 8. The van der Waals surface area contributed by atoms with Gasteiger partial charge in [0.1, 0.15) is 17.0 Å². The second-order valence-electron chi connectivity index (χ2n) is 9.24. The average molecular weight is 544 g/mol. The number of nitrogens with zero attached hydrogens (tertiary/aromatic N) is 2. The van der Waals surface area contributed by atoms with Crippen LogP contribution in [0.15, 0.2) is 66.7 Å². The molecule has 3 aromatic carbocycles. The maximum absolute atomic E-state index is 13.6. The average Bonchev–Trinajstić information content (AvgIpc) is 3.34. The summed E-state index contributed by atoms with van der Waals surface area (Å²) in [6.45, 7) is 0. The second-order valence-corrected chi connectivity index (χ2v) is 9.24. The number of nitro benzene ring substituents is 1. The third-order valence-corrected chi connectivity index (χ3v) is 6.96. The number of alkyl halides is 3. The van der Waals surface area contributed by atoms with Gasteiger partial charge in [-0.05, 0) is 47.9 Å². The number of non-ortho nitro benzene ring substituents is 1. The number of ether oxygens (including phenoxy) is 1. The van der Waals surface area contributed by atoms with E-state index in [0.29, 0.717) is 5.56 Å². The molecule has 2 aliphatic rings. The van der Waals surface area contributed by atoms with Gasteiger partial charge in [-0.25, -0.2) is 0 Å². The van der Waals surface area contributed by atoms with Crippen LogP contribution in [0.25, 0.3) is 0 Å². The second kappa shape index (κ2) is 9.23. The van der Waals surface area contributed by atoms with Crippen LogP contribution >= 0.6 is 0 Å². The van der Waals surface area contributed by atoms with Crippen molar-refractivity contribution >= 4 is 17.3 Å². The fourth-order valence-corrected chi connectivity index (χ4v) is 5.51. The molecule has 1 saturated heterocycles. The van der Waals surface area contributed by atoms with E-state index in [4.69, 9.17) is 0 Å². The summed E-state index contributed by atoms with van der Waals surface area (Å²) in [4.78, 5) is 36.4. The highest BCUT2D eigenvalue weighted by atomic mass is 19.4. The molecule has 0 saturated carbocycles. The summed E-state index contributed by atoms with van der Waals surface area (Å²) < 4.78 is 43.1. The highest BCUT2D eigenvalue weighted by molar-refractivity contribution is 6.07. The first-order valence-corrected chi connectivity index (χ1v) is 11.5. The summed E-state index contributed by atoms with van der Waals surface area (Å²) in [6.07, 6.45) is -5.04. The molecule has 4 unspecified atom stereocenters. The number of anilines is 1. The van der Waals surface area contributed by atoms with Crippen molar-refractivity contribution in [2.45, 2.75) is 36.3 Å². The van der Waals surface area contributed by atoms with Crippen LogP contribution < -0.4 is 15.4 Å². The van der Waals surface area contributed by atoms with Crippen LogP contribution in [0.5, 0.6) is 11.5 Å². The summed E-state index contributed by atoms with van der Waals surface area (Å²) >= 11 is 0. The van der Waals surface area contributed by atoms with E-state index in [9.17, 15) is 43.3 Å². The Morgan fingerprint density at radius 3 is 2.38 bits per heavy atom. The molecule has 0 bridgehead atoms. The zero-order valence-electron chi connectivity index (χ0n) is 19.7. The summed E-state index contributed by atoms with van der Waals surface area (Å²) in [5.41, 5.74) is -1.60. The minimum Gasteiger partial charge on any atom is -0.508 e. The third-order valence-electron chi connectivity index (χ3n) is 6.96. The molecule has 1 amide bonds.